The second-order valence-electron chi connectivity index (χ2n) is 16.0. The SMILES string of the molecule is CC/C=C\C/C=C\C/C=C\C/C=C\CCC(=O)OC(COCCCCCCCCCC)COC(=O)CCCCCCCCCCCCCCCCCCCCC. The van der Waals surface area contributed by atoms with Crippen LogP contribution < -0.4 is 0 Å². The fourth-order valence-electron chi connectivity index (χ4n) is 6.82. The van der Waals surface area contributed by atoms with Crippen molar-refractivity contribution >= 4 is 11.9 Å². The largest absolute Gasteiger partial charge is 0.462 e. The molecule has 0 N–H and O–H groups in total. The highest BCUT2D eigenvalue weighted by molar-refractivity contribution is 5.70. The lowest BCUT2D eigenvalue weighted by molar-refractivity contribution is -0.162. The third-order valence-electron chi connectivity index (χ3n) is 10.4. The Hall–Kier alpha value is -2.14. The van der Waals surface area contributed by atoms with E-state index >= 15 is 0 Å². The molecule has 0 bridgehead atoms. The fraction of sp³-hybridized carbons (Fsp3) is 0.804. The first-order chi connectivity index (χ1) is 27.6. The van der Waals surface area contributed by atoms with Crippen molar-refractivity contribution < 1.29 is 23.8 Å². The van der Waals surface area contributed by atoms with Gasteiger partial charge in [-0.3, -0.25) is 9.59 Å². The van der Waals surface area contributed by atoms with Gasteiger partial charge >= 0.3 is 11.9 Å². The van der Waals surface area contributed by atoms with Crippen LogP contribution in [0, 0.1) is 0 Å². The maximum Gasteiger partial charge on any atom is 0.306 e. The topological polar surface area (TPSA) is 61.8 Å². The molecule has 5 heteroatoms. The molecule has 0 aliphatic heterocycles. The molecule has 0 aliphatic rings. The molecule has 0 saturated carbocycles. The first-order valence-electron chi connectivity index (χ1n) is 24.2. The van der Waals surface area contributed by atoms with Gasteiger partial charge in [0, 0.05) is 19.4 Å². The Morgan fingerprint density at radius 2 is 0.804 bits per heavy atom. The molecule has 56 heavy (non-hydrogen) atoms. The highest BCUT2D eigenvalue weighted by atomic mass is 16.6. The van der Waals surface area contributed by atoms with Gasteiger partial charge in [0.25, 0.3) is 0 Å². The number of carbonyl (C=O) groups excluding carboxylic acids is 2. The molecule has 326 valence electrons. The minimum atomic E-state index is -0.567. The van der Waals surface area contributed by atoms with Crippen molar-refractivity contribution in [1.29, 1.82) is 0 Å². The molecule has 0 amide bonds. The van der Waals surface area contributed by atoms with Gasteiger partial charge in [0.1, 0.15) is 6.61 Å². The minimum Gasteiger partial charge on any atom is -0.462 e. The molecule has 1 unspecified atom stereocenters. The first-order valence-corrected chi connectivity index (χ1v) is 24.2. The van der Waals surface area contributed by atoms with Crippen molar-refractivity contribution in [3.05, 3.63) is 48.6 Å². The summed E-state index contributed by atoms with van der Waals surface area (Å²) in [5.74, 6) is -0.483. The van der Waals surface area contributed by atoms with Crippen LogP contribution in [-0.2, 0) is 23.8 Å². The minimum absolute atomic E-state index is 0.0606. The van der Waals surface area contributed by atoms with Gasteiger partial charge in [-0.1, -0.05) is 230 Å². The van der Waals surface area contributed by atoms with E-state index in [2.05, 4.69) is 63.3 Å². The van der Waals surface area contributed by atoms with Crippen LogP contribution in [-0.4, -0.2) is 37.9 Å². The van der Waals surface area contributed by atoms with Gasteiger partial charge in [-0.25, -0.2) is 0 Å². The first kappa shape index (κ1) is 53.9. The highest BCUT2D eigenvalue weighted by Crippen LogP contribution is 2.15. The normalized spacial score (nSPS) is 12.6. The number of carbonyl (C=O) groups is 2. The number of hydrogen-bond donors (Lipinski definition) is 0. The summed E-state index contributed by atoms with van der Waals surface area (Å²) in [7, 11) is 0. The molecule has 0 radical (unpaired) electrons. The molecule has 0 spiro atoms. The summed E-state index contributed by atoms with van der Waals surface area (Å²) >= 11 is 0. The summed E-state index contributed by atoms with van der Waals surface area (Å²) < 4.78 is 17.2. The Balaban J connectivity index is 4.17. The standard InChI is InChI=1S/C51H92O5/c1-4-7-10-13-16-19-21-23-24-25-26-27-28-30-31-33-35-38-41-44-50(52)55-48-49(47-54-46-43-40-37-18-15-12-9-6-3)56-51(53)45-42-39-36-34-32-29-22-20-17-14-11-8-5-2/h8,11,17,20,29,32,36,39,49H,4-7,9-10,12-16,18-19,21-28,30-31,33-35,37-38,40-48H2,1-3H3/b11-8-,20-17-,32-29-,39-36-. The predicted octanol–water partition coefficient (Wildman–Crippen LogP) is 16.0. The number of esters is 2. The highest BCUT2D eigenvalue weighted by Gasteiger charge is 2.17. The Kier molecular flexibility index (Phi) is 45.4. The van der Waals surface area contributed by atoms with E-state index in [0.29, 0.717) is 25.9 Å². The second-order valence-corrected chi connectivity index (χ2v) is 16.0. The molecule has 5 nitrogen and oxygen atoms in total. The maximum absolute atomic E-state index is 12.7. The van der Waals surface area contributed by atoms with Crippen LogP contribution in [0.15, 0.2) is 48.6 Å². The lowest BCUT2D eigenvalue weighted by Gasteiger charge is -2.18. The van der Waals surface area contributed by atoms with E-state index in [1.807, 2.05) is 6.08 Å². The summed E-state index contributed by atoms with van der Waals surface area (Å²) in [5, 5.41) is 0. The van der Waals surface area contributed by atoms with Crippen molar-refractivity contribution in [2.24, 2.45) is 0 Å². The van der Waals surface area contributed by atoms with Gasteiger partial charge in [-0.05, 0) is 44.9 Å². The van der Waals surface area contributed by atoms with E-state index in [1.165, 1.54) is 148 Å². The number of rotatable bonds is 44. The number of allylic oxidation sites excluding steroid dienone is 8. The lowest BCUT2D eigenvalue weighted by atomic mass is 10.0. The molecule has 0 aliphatic carbocycles. The van der Waals surface area contributed by atoms with Crippen LogP contribution in [0.1, 0.15) is 239 Å². The van der Waals surface area contributed by atoms with Crippen LogP contribution in [0.4, 0.5) is 0 Å². The predicted molar refractivity (Wildman–Crippen MR) is 242 cm³/mol. The summed E-state index contributed by atoms with van der Waals surface area (Å²) in [6.45, 7) is 7.64. The lowest BCUT2D eigenvalue weighted by Crippen LogP contribution is -2.30. The molecule has 0 aromatic rings. The Bertz CT molecular complexity index is 935. The van der Waals surface area contributed by atoms with Gasteiger partial charge in [0.15, 0.2) is 6.10 Å². The van der Waals surface area contributed by atoms with Gasteiger partial charge in [-0.2, -0.15) is 0 Å². The summed E-state index contributed by atoms with van der Waals surface area (Å²) in [4.78, 5) is 25.2. The van der Waals surface area contributed by atoms with E-state index in [4.69, 9.17) is 14.2 Å². The van der Waals surface area contributed by atoms with Gasteiger partial charge in [0.05, 0.1) is 6.61 Å². The summed E-state index contributed by atoms with van der Waals surface area (Å²) in [6, 6.07) is 0. The number of unbranched alkanes of at least 4 members (excludes halogenated alkanes) is 25. The van der Waals surface area contributed by atoms with Crippen LogP contribution in [0.3, 0.4) is 0 Å². The van der Waals surface area contributed by atoms with Crippen LogP contribution in [0.5, 0.6) is 0 Å². The Morgan fingerprint density at radius 3 is 1.25 bits per heavy atom. The second kappa shape index (κ2) is 47.2. The third-order valence-corrected chi connectivity index (χ3v) is 10.4. The molecule has 0 heterocycles. The maximum atomic E-state index is 12.7. The quantitative estimate of drug-likeness (QED) is 0.0350. The monoisotopic (exact) mass is 785 g/mol. The summed E-state index contributed by atoms with van der Waals surface area (Å²) in [6.07, 6.45) is 57.1. The average molecular weight is 785 g/mol. The molecule has 0 fully saturated rings. The Labute approximate surface area is 348 Å². The zero-order valence-corrected chi connectivity index (χ0v) is 37.4. The molecule has 0 aromatic heterocycles. The Morgan fingerprint density at radius 1 is 0.411 bits per heavy atom. The van der Waals surface area contributed by atoms with E-state index in [-0.39, 0.29) is 25.2 Å². The molecule has 1 atom stereocenters. The van der Waals surface area contributed by atoms with Crippen molar-refractivity contribution in [3.8, 4) is 0 Å². The molecular formula is C51H92O5. The average Bonchev–Trinajstić information content (AvgIpc) is 3.20. The van der Waals surface area contributed by atoms with Gasteiger partial charge in [0.2, 0.25) is 0 Å². The zero-order chi connectivity index (χ0) is 40.7. The van der Waals surface area contributed by atoms with E-state index in [0.717, 1.165) is 51.4 Å². The smallest absolute Gasteiger partial charge is 0.306 e. The van der Waals surface area contributed by atoms with Crippen molar-refractivity contribution in [2.45, 2.75) is 245 Å². The number of ether oxygens (including phenoxy) is 3. The van der Waals surface area contributed by atoms with E-state index in [1.54, 1.807) is 0 Å². The van der Waals surface area contributed by atoms with E-state index in [9.17, 15) is 9.59 Å². The zero-order valence-electron chi connectivity index (χ0n) is 37.4. The van der Waals surface area contributed by atoms with Crippen molar-refractivity contribution in [1.82, 2.24) is 0 Å². The third kappa shape index (κ3) is 44.6. The molecule has 0 aromatic carbocycles. The van der Waals surface area contributed by atoms with E-state index < -0.39 is 6.10 Å². The van der Waals surface area contributed by atoms with Crippen LogP contribution >= 0.6 is 0 Å². The van der Waals surface area contributed by atoms with Crippen molar-refractivity contribution in [2.75, 3.05) is 19.8 Å². The van der Waals surface area contributed by atoms with Gasteiger partial charge < -0.3 is 14.2 Å². The summed E-state index contributed by atoms with van der Waals surface area (Å²) in [5.41, 5.74) is 0. The molecule has 0 rings (SSSR count). The van der Waals surface area contributed by atoms with Crippen LogP contribution in [0.25, 0.3) is 0 Å². The van der Waals surface area contributed by atoms with Gasteiger partial charge in [-0.15, -0.1) is 0 Å². The molecular weight excluding hydrogens is 693 g/mol. The van der Waals surface area contributed by atoms with Crippen molar-refractivity contribution in [3.63, 3.8) is 0 Å². The fourth-order valence-corrected chi connectivity index (χ4v) is 6.82. The number of hydrogen-bond acceptors (Lipinski definition) is 5. The van der Waals surface area contributed by atoms with Crippen LogP contribution in [0.2, 0.25) is 0 Å². The molecule has 0 saturated heterocycles.